The minimum absolute atomic E-state index is 0.0766. The summed E-state index contributed by atoms with van der Waals surface area (Å²) in [5, 5.41) is 0. The fraction of sp³-hybridized carbons (Fsp3) is 0.455. The van der Waals surface area contributed by atoms with Crippen molar-refractivity contribution in [3.8, 4) is 0 Å². The molecule has 0 saturated carbocycles. The Hall–Kier alpha value is -0.350. The molecule has 0 spiro atoms. The lowest BCUT2D eigenvalue weighted by molar-refractivity contribution is 0.553. The largest absolute Gasteiger partial charge is 0.0856 e. The van der Waals surface area contributed by atoms with Crippen LogP contribution in [0.15, 0.2) is 36.2 Å². The van der Waals surface area contributed by atoms with E-state index in [2.05, 4.69) is 56.7 Å². The summed E-state index contributed by atoms with van der Waals surface area (Å²) >= 11 is 0. The second-order valence-electron chi connectivity index (χ2n) is 3.99. The van der Waals surface area contributed by atoms with Gasteiger partial charge in [-0.2, -0.15) is 0 Å². The van der Waals surface area contributed by atoms with Crippen LogP contribution in [0.2, 0.25) is 0 Å². The van der Waals surface area contributed by atoms with Gasteiger partial charge in [-0.25, -0.2) is 0 Å². The van der Waals surface area contributed by atoms with Crippen molar-refractivity contribution in [3.63, 3.8) is 0 Å². The van der Waals surface area contributed by atoms with Gasteiger partial charge in [0.05, 0.1) is 0 Å². The molecule has 1 rings (SSSR count). The Morgan fingerprint density at radius 2 is 1.75 bits per heavy atom. The summed E-state index contributed by atoms with van der Waals surface area (Å²) in [5.74, 6) is 2.33. The van der Waals surface area contributed by atoms with E-state index in [0.717, 1.165) is 0 Å². The molecule has 1 heteroatoms. The van der Waals surface area contributed by atoms with E-state index in [1.165, 1.54) is 6.16 Å². The van der Waals surface area contributed by atoms with E-state index in [4.69, 9.17) is 0 Å². The Labute approximate surface area is 76.8 Å². The van der Waals surface area contributed by atoms with Crippen molar-refractivity contribution in [2.24, 2.45) is 5.41 Å². The van der Waals surface area contributed by atoms with Gasteiger partial charge in [-0.3, -0.25) is 0 Å². The lowest BCUT2D eigenvalue weighted by Crippen LogP contribution is -2.11. The maximum atomic E-state index is 2.33. The van der Waals surface area contributed by atoms with Crippen LogP contribution in [-0.4, -0.2) is 12.8 Å². The Morgan fingerprint density at radius 1 is 1.08 bits per heavy atom. The van der Waals surface area contributed by atoms with Crippen LogP contribution < -0.4 is 0 Å². The molecule has 0 radical (unpaired) electrons. The molecule has 0 aromatic carbocycles. The zero-order valence-electron chi connectivity index (χ0n) is 8.12. The molecule has 12 heavy (non-hydrogen) atoms. The quantitative estimate of drug-likeness (QED) is 0.498. The van der Waals surface area contributed by atoms with Crippen molar-refractivity contribution >= 4 is 7.92 Å². The van der Waals surface area contributed by atoms with Crippen LogP contribution in [-0.2, 0) is 0 Å². The van der Waals surface area contributed by atoms with Crippen molar-refractivity contribution in [2.45, 2.75) is 13.8 Å². The maximum Gasteiger partial charge on any atom is -0.0130 e. The summed E-state index contributed by atoms with van der Waals surface area (Å²) in [4.78, 5) is 0. The van der Waals surface area contributed by atoms with Crippen LogP contribution in [0.1, 0.15) is 13.8 Å². The summed E-state index contributed by atoms with van der Waals surface area (Å²) in [7, 11) is 0.0766. The van der Waals surface area contributed by atoms with E-state index >= 15 is 0 Å². The van der Waals surface area contributed by atoms with E-state index < -0.39 is 0 Å². The van der Waals surface area contributed by atoms with E-state index in [-0.39, 0.29) is 7.92 Å². The first kappa shape index (κ1) is 9.74. The monoisotopic (exact) mass is 180 g/mol. The van der Waals surface area contributed by atoms with Crippen LogP contribution in [0.5, 0.6) is 0 Å². The van der Waals surface area contributed by atoms with Gasteiger partial charge in [0.25, 0.3) is 0 Å². The van der Waals surface area contributed by atoms with E-state index in [9.17, 15) is 0 Å². The lowest BCUT2D eigenvalue weighted by Gasteiger charge is -2.22. The Balaban J connectivity index is 2.78. The third kappa shape index (κ3) is 3.36. The van der Waals surface area contributed by atoms with E-state index in [1.807, 2.05) is 0 Å². The summed E-state index contributed by atoms with van der Waals surface area (Å²) < 4.78 is 0. The molecule has 1 aliphatic rings. The fourth-order valence-corrected chi connectivity index (χ4v) is 3.28. The average Bonchev–Trinajstić information content (AvgIpc) is 1.99. The number of rotatable bonds is 0. The standard InChI is InChI=1S/C11H17P/c1-11(2)8-6-4-5-7-9-12(3)10-11/h4-9H,10H2,1-3H3/b5-4-,8-6-,9-7-. The molecular weight excluding hydrogens is 163 g/mol. The molecule has 1 unspecified atom stereocenters. The topological polar surface area (TPSA) is 0 Å². The van der Waals surface area contributed by atoms with Crippen LogP contribution in [0.3, 0.4) is 0 Å². The van der Waals surface area contributed by atoms with Gasteiger partial charge in [-0.15, -0.1) is 0 Å². The molecule has 0 fully saturated rings. The van der Waals surface area contributed by atoms with Gasteiger partial charge in [0.1, 0.15) is 0 Å². The highest BCUT2D eigenvalue weighted by atomic mass is 31.1. The van der Waals surface area contributed by atoms with Crippen LogP contribution >= 0.6 is 7.92 Å². The van der Waals surface area contributed by atoms with E-state index in [0.29, 0.717) is 5.41 Å². The van der Waals surface area contributed by atoms with Crippen molar-refractivity contribution in [1.82, 2.24) is 0 Å². The van der Waals surface area contributed by atoms with Crippen LogP contribution in [0.4, 0.5) is 0 Å². The summed E-state index contributed by atoms with van der Waals surface area (Å²) in [5.41, 5.74) is 0.361. The van der Waals surface area contributed by atoms with Gasteiger partial charge in [0, 0.05) is 0 Å². The van der Waals surface area contributed by atoms with Crippen molar-refractivity contribution in [1.29, 1.82) is 0 Å². The Morgan fingerprint density at radius 3 is 2.50 bits per heavy atom. The first-order valence-electron chi connectivity index (χ1n) is 4.33. The molecule has 1 heterocycles. The smallest absolute Gasteiger partial charge is 0.0130 e. The first-order chi connectivity index (χ1) is 5.60. The molecular formula is C11H17P. The lowest BCUT2D eigenvalue weighted by atomic mass is 9.96. The van der Waals surface area contributed by atoms with Crippen LogP contribution in [0.25, 0.3) is 0 Å². The minimum atomic E-state index is 0.0766. The molecule has 0 aromatic heterocycles. The second-order valence-corrected chi connectivity index (χ2v) is 6.12. The summed E-state index contributed by atoms with van der Waals surface area (Å²) in [6.07, 6.45) is 12.1. The van der Waals surface area contributed by atoms with Crippen molar-refractivity contribution in [2.75, 3.05) is 12.8 Å². The molecule has 0 aliphatic carbocycles. The van der Waals surface area contributed by atoms with Gasteiger partial charge in [-0.1, -0.05) is 58.0 Å². The molecule has 1 aliphatic heterocycles. The van der Waals surface area contributed by atoms with E-state index in [1.54, 1.807) is 0 Å². The zero-order valence-corrected chi connectivity index (χ0v) is 9.01. The fourth-order valence-electron chi connectivity index (χ4n) is 1.39. The normalized spacial score (nSPS) is 35.8. The average molecular weight is 180 g/mol. The van der Waals surface area contributed by atoms with Gasteiger partial charge in [0.2, 0.25) is 0 Å². The zero-order chi connectivity index (χ0) is 9.03. The Bertz CT molecular complexity index is 221. The summed E-state index contributed by atoms with van der Waals surface area (Å²) in [6, 6.07) is 0. The third-order valence-corrected chi connectivity index (χ3v) is 3.87. The minimum Gasteiger partial charge on any atom is -0.0856 e. The number of allylic oxidation sites excluding steroid dienone is 5. The molecule has 0 amide bonds. The highest BCUT2D eigenvalue weighted by molar-refractivity contribution is 7.60. The van der Waals surface area contributed by atoms with Gasteiger partial charge >= 0.3 is 0 Å². The van der Waals surface area contributed by atoms with Gasteiger partial charge in [0.15, 0.2) is 0 Å². The van der Waals surface area contributed by atoms with Gasteiger partial charge in [-0.05, 0) is 18.2 Å². The number of hydrogen-bond donors (Lipinski definition) is 0. The number of hydrogen-bond acceptors (Lipinski definition) is 0. The molecule has 66 valence electrons. The molecule has 0 N–H and O–H groups in total. The molecule has 0 aromatic rings. The highest BCUT2D eigenvalue weighted by Gasteiger charge is 2.15. The highest BCUT2D eigenvalue weighted by Crippen LogP contribution is 2.40. The molecule has 0 nitrogen and oxygen atoms in total. The predicted molar refractivity (Wildman–Crippen MR) is 58.9 cm³/mol. The van der Waals surface area contributed by atoms with Crippen molar-refractivity contribution < 1.29 is 0 Å². The SMILES string of the molecule is CP1\C=C/C=C\C=C/C(C)(C)C1. The maximum absolute atomic E-state index is 2.33. The van der Waals surface area contributed by atoms with Crippen molar-refractivity contribution in [3.05, 3.63) is 36.2 Å². The summed E-state index contributed by atoms with van der Waals surface area (Å²) in [6.45, 7) is 6.94. The van der Waals surface area contributed by atoms with Gasteiger partial charge < -0.3 is 0 Å². The second kappa shape index (κ2) is 4.05. The predicted octanol–water partition coefficient (Wildman–Crippen LogP) is 3.76. The molecule has 0 saturated heterocycles. The molecule has 0 bridgehead atoms. The van der Waals surface area contributed by atoms with Crippen LogP contribution in [0, 0.1) is 5.41 Å². The Kier molecular flexibility index (Phi) is 3.29. The first-order valence-corrected chi connectivity index (χ1v) is 6.37. The third-order valence-electron chi connectivity index (χ3n) is 1.88. The molecule has 1 atom stereocenters.